The Morgan fingerprint density at radius 1 is 1.14 bits per heavy atom. The fourth-order valence-electron chi connectivity index (χ4n) is 0.464. The predicted octanol–water partition coefficient (Wildman–Crippen LogP) is 3.51. The van der Waals surface area contributed by atoms with Crippen molar-refractivity contribution in [1.82, 2.24) is 0 Å². The van der Waals surface area contributed by atoms with Crippen LogP contribution in [0.5, 0.6) is 0 Å². The summed E-state index contributed by atoms with van der Waals surface area (Å²) in [5.74, 6) is -0.394. The Kier molecular flexibility index (Phi) is 23.3. The van der Waals surface area contributed by atoms with E-state index in [1.54, 1.807) is 6.08 Å². The lowest BCUT2D eigenvalue weighted by Gasteiger charge is -1.95. The molecule has 0 spiro atoms. The Labute approximate surface area is 88.0 Å². The van der Waals surface area contributed by atoms with Gasteiger partial charge in [0.05, 0.1) is 12.7 Å². The molecule has 0 saturated carbocycles. The molecule has 0 bridgehead atoms. The second-order valence-electron chi connectivity index (χ2n) is 1.55. The third kappa shape index (κ3) is 10.7. The van der Waals surface area contributed by atoms with Crippen molar-refractivity contribution in [2.45, 2.75) is 27.7 Å². The summed E-state index contributed by atoms with van der Waals surface area (Å²) in [5, 5.41) is 0. The van der Waals surface area contributed by atoms with Gasteiger partial charge >= 0.3 is 5.97 Å². The maximum Gasteiger partial charge on any atom is 0.337 e. The molecular weight excluding hydrogens is 176 g/mol. The van der Waals surface area contributed by atoms with E-state index in [0.29, 0.717) is 5.57 Å². The van der Waals surface area contributed by atoms with Gasteiger partial charge in [0.1, 0.15) is 0 Å². The summed E-state index contributed by atoms with van der Waals surface area (Å²) in [6, 6.07) is 0. The van der Waals surface area contributed by atoms with Gasteiger partial charge in [-0.25, -0.2) is 4.79 Å². The highest BCUT2D eigenvalue weighted by molar-refractivity contribution is 5.91. The minimum atomic E-state index is -0.394. The minimum absolute atomic E-state index is 0.394. The van der Waals surface area contributed by atoms with Crippen molar-refractivity contribution < 1.29 is 9.53 Å². The number of allylic oxidation sites excluding steroid dienone is 2. The third-order valence-electron chi connectivity index (χ3n) is 0.938. The molecule has 0 amide bonds. The van der Waals surface area contributed by atoms with Crippen LogP contribution < -0.4 is 0 Å². The monoisotopic (exact) mass is 198 g/mol. The van der Waals surface area contributed by atoms with Gasteiger partial charge in [-0.1, -0.05) is 53.0 Å². The fourth-order valence-corrected chi connectivity index (χ4v) is 0.464. The van der Waals surface area contributed by atoms with Crippen LogP contribution in [0.4, 0.5) is 0 Å². The molecule has 2 heteroatoms. The van der Waals surface area contributed by atoms with Gasteiger partial charge in [0.25, 0.3) is 0 Å². The molecule has 0 aliphatic heterocycles. The largest absolute Gasteiger partial charge is 0.465 e. The molecule has 0 N–H and O–H groups in total. The Hall–Kier alpha value is -1.31. The molecule has 82 valence electrons. The average molecular weight is 198 g/mol. The van der Waals surface area contributed by atoms with E-state index in [2.05, 4.69) is 17.9 Å². The van der Waals surface area contributed by atoms with E-state index in [4.69, 9.17) is 0 Å². The molecular formula is C12H22O2. The normalized spacial score (nSPS) is 8.21. The van der Waals surface area contributed by atoms with Gasteiger partial charge < -0.3 is 4.74 Å². The first-order chi connectivity index (χ1) is 6.76. The summed E-state index contributed by atoms with van der Waals surface area (Å²) >= 11 is 0. The van der Waals surface area contributed by atoms with Crippen molar-refractivity contribution in [3.8, 4) is 0 Å². The van der Waals surface area contributed by atoms with E-state index in [-0.39, 0.29) is 0 Å². The van der Waals surface area contributed by atoms with E-state index >= 15 is 0 Å². The van der Waals surface area contributed by atoms with Crippen LogP contribution in [-0.2, 0) is 9.53 Å². The van der Waals surface area contributed by atoms with Crippen molar-refractivity contribution in [3.63, 3.8) is 0 Å². The second kappa shape index (κ2) is 17.7. The topological polar surface area (TPSA) is 26.3 Å². The standard InChI is InChI=1S/C8H10O2.2C2H6/c1-4-6-7(5-2)8(9)10-3;2*1-2/h4-6H,1-2H2,3H3;2*1-2H3/b7-6+;;. The quantitative estimate of drug-likeness (QED) is 0.394. The van der Waals surface area contributed by atoms with Gasteiger partial charge in [-0.15, -0.1) is 0 Å². The Morgan fingerprint density at radius 3 is 1.79 bits per heavy atom. The van der Waals surface area contributed by atoms with Crippen molar-refractivity contribution in [2.75, 3.05) is 7.11 Å². The predicted molar refractivity (Wildman–Crippen MR) is 63.2 cm³/mol. The molecule has 0 saturated heterocycles. The highest BCUT2D eigenvalue weighted by Crippen LogP contribution is 1.97. The summed E-state index contributed by atoms with van der Waals surface area (Å²) in [5.41, 5.74) is 0.414. The van der Waals surface area contributed by atoms with Crippen LogP contribution in [0, 0.1) is 0 Å². The summed E-state index contributed by atoms with van der Waals surface area (Å²) < 4.78 is 4.43. The Bertz CT molecular complexity index is 179. The van der Waals surface area contributed by atoms with Crippen LogP contribution in [-0.4, -0.2) is 13.1 Å². The second-order valence-corrected chi connectivity index (χ2v) is 1.55. The van der Waals surface area contributed by atoms with Crippen LogP contribution in [0.3, 0.4) is 0 Å². The SMILES string of the molecule is C=C/C=C(\C=C)C(=O)OC.CC.CC. The zero-order valence-electron chi connectivity index (χ0n) is 9.96. The molecule has 0 aromatic carbocycles. The average Bonchev–Trinajstić information content (AvgIpc) is 2.30. The smallest absolute Gasteiger partial charge is 0.337 e. The molecule has 0 radical (unpaired) electrons. The molecule has 0 heterocycles. The molecule has 14 heavy (non-hydrogen) atoms. The maximum absolute atomic E-state index is 10.7. The van der Waals surface area contributed by atoms with Gasteiger partial charge in [-0.2, -0.15) is 0 Å². The lowest BCUT2D eigenvalue weighted by Crippen LogP contribution is -2.01. The van der Waals surface area contributed by atoms with Crippen molar-refractivity contribution in [2.24, 2.45) is 0 Å². The van der Waals surface area contributed by atoms with E-state index < -0.39 is 5.97 Å². The summed E-state index contributed by atoms with van der Waals surface area (Å²) in [6.07, 6.45) is 4.47. The van der Waals surface area contributed by atoms with Gasteiger partial charge in [0, 0.05) is 0 Å². The van der Waals surface area contributed by atoms with Gasteiger partial charge in [-0.3, -0.25) is 0 Å². The number of ether oxygens (including phenoxy) is 1. The highest BCUT2D eigenvalue weighted by Gasteiger charge is 2.01. The number of hydrogen-bond acceptors (Lipinski definition) is 2. The van der Waals surface area contributed by atoms with Gasteiger partial charge in [0.2, 0.25) is 0 Å². The van der Waals surface area contributed by atoms with Gasteiger partial charge in [0.15, 0.2) is 0 Å². The molecule has 0 aliphatic rings. The fraction of sp³-hybridized carbons (Fsp3) is 0.417. The summed E-state index contributed by atoms with van der Waals surface area (Å²) in [4.78, 5) is 10.7. The number of carbonyl (C=O) groups excluding carboxylic acids is 1. The molecule has 0 aromatic rings. The third-order valence-corrected chi connectivity index (χ3v) is 0.938. The highest BCUT2D eigenvalue weighted by atomic mass is 16.5. The number of methoxy groups -OCH3 is 1. The maximum atomic E-state index is 10.7. The number of esters is 1. The minimum Gasteiger partial charge on any atom is -0.465 e. The number of hydrogen-bond donors (Lipinski definition) is 0. The van der Waals surface area contributed by atoms with E-state index in [1.165, 1.54) is 19.3 Å². The van der Waals surface area contributed by atoms with Crippen LogP contribution >= 0.6 is 0 Å². The molecule has 0 rings (SSSR count). The van der Waals surface area contributed by atoms with Crippen LogP contribution in [0.25, 0.3) is 0 Å². The van der Waals surface area contributed by atoms with E-state index in [1.807, 2.05) is 27.7 Å². The van der Waals surface area contributed by atoms with Crippen molar-refractivity contribution in [1.29, 1.82) is 0 Å². The first-order valence-electron chi connectivity index (χ1n) is 4.79. The summed E-state index contributed by atoms with van der Waals surface area (Å²) in [6.45, 7) is 14.9. The van der Waals surface area contributed by atoms with Crippen LogP contribution in [0.1, 0.15) is 27.7 Å². The van der Waals surface area contributed by atoms with E-state index in [0.717, 1.165) is 0 Å². The number of rotatable bonds is 3. The van der Waals surface area contributed by atoms with E-state index in [9.17, 15) is 4.79 Å². The zero-order valence-corrected chi connectivity index (χ0v) is 9.96. The molecule has 0 atom stereocenters. The van der Waals surface area contributed by atoms with Crippen LogP contribution in [0.2, 0.25) is 0 Å². The van der Waals surface area contributed by atoms with Gasteiger partial charge in [-0.05, 0) is 6.08 Å². The lowest BCUT2D eigenvalue weighted by molar-refractivity contribution is -0.135. The lowest BCUT2D eigenvalue weighted by atomic mass is 10.2. The molecule has 0 fully saturated rings. The first kappa shape index (κ1) is 18.5. The molecule has 0 aliphatic carbocycles. The number of carbonyl (C=O) groups is 1. The Balaban J connectivity index is -0.000000266. The molecule has 2 nitrogen and oxygen atoms in total. The zero-order chi connectivity index (χ0) is 12.0. The van der Waals surface area contributed by atoms with Crippen molar-refractivity contribution in [3.05, 3.63) is 37.0 Å². The van der Waals surface area contributed by atoms with Crippen molar-refractivity contribution >= 4 is 5.97 Å². The Morgan fingerprint density at radius 2 is 1.57 bits per heavy atom. The molecule has 0 aromatic heterocycles. The van der Waals surface area contributed by atoms with Crippen LogP contribution in [0.15, 0.2) is 37.0 Å². The summed E-state index contributed by atoms with van der Waals surface area (Å²) in [7, 11) is 1.32. The first-order valence-corrected chi connectivity index (χ1v) is 4.79. The molecule has 0 unspecified atom stereocenters.